The lowest BCUT2D eigenvalue weighted by molar-refractivity contribution is 0.0747. The molecule has 0 saturated carbocycles. The number of hydrogen-bond acceptors (Lipinski definition) is 4. The molecule has 1 aliphatic heterocycles. The fraction of sp³-hybridized carbons (Fsp3) is 0.238. The maximum absolute atomic E-state index is 12.8. The molecule has 0 atom stereocenters. The van der Waals surface area contributed by atoms with Gasteiger partial charge >= 0.3 is 0 Å². The van der Waals surface area contributed by atoms with E-state index in [1.807, 2.05) is 52.1 Å². The third-order valence-electron chi connectivity index (χ3n) is 4.92. The van der Waals surface area contributed by atoms with Gasteiger partial charge in [0.25, 0.3) is 5.91 Å². The van der Waals surface area contributed by atoms with Gasteiger partial charge in [-0.25, -0.2) is 4.98 Å². The van der Waals surface area contributed by atoms with E-state index in [4.69, 9.17) is 4.74 Å². The van der Waals surface area contributed by atoms with Crippen LogP contribution in [0.3, 0.4) is 0 Å². The van der Waals surface area contributed by atoms with Gasteiger partial charge in [0, 0.05) is 55.5 Å². The highest BCUT2D eigenvalue weighted by atomic mass is 16.5. The van der Waals surface area contributed by atoms with Crippen molar-refractivity contribution in [2.45, 2.75) is 0 Å². The van der Waals surface area contributed by atoms with E-state index in [1.165, 1.54) is 0 Å². The lowest BCUT2D eigenvalue weighted by Crippen LogP contribution is -2.48. The summed E-state index contributed by atoms with van der Waals surface area (Å²) in [6.45, 7) is 3.08. The molecule has 1 amide bonds. The minimum absolute atomic E-state index is 0.0848. The molecular formula is C21H22N4O2. The molecule has 0 bridgehead atoms. The van der Waals surface area contributed by atoms with Crippen molar-refractivity contribution in [3.63, 3.8) is 0 Å². The number of ether oxygens (including phenoxy) is 1. The molecule has 0 radical (unpaired) electrons. The van der Waals surface area contributed by atoms with E-state index >= 15 is 0 Å². The van der Waals surface area contributed by atoms with E-state index in [-0.39, 0.29) is 5.91 Å². The van der Waals surface area contributed by atoms with E-state index < -0.39 is 0 Å². The molecule has 1 saturated heterocycles. The van der Waals surface area contributed by atoms with Crippen molar-refractivity contribution in [1.82, 2.24) is 14.5 Å². The second-order valence-corrected chi connectivity index (χ2v) is 6.49. The summed E-state index contributed by atoms with van der Waals surface area (Å²) in [5.41, 5.74) is 2.87. The van der Waals surface area contributed by atoms with Crippen LogP contribution >= 0.6 is 0 Å². The second kappa shape index (κ2) is 7.53. The third-order valence-corrected chi connectivity index (χ3v) is 4.92. The number of piperazine rings is 1. The molecule has 3 aromatic rings. The van der Waals surface area contributed by atoms with Crippen molar-refractivity contribution in [3.8, 4) is 11.4 Å². The Kier molecular flexibility index (Phi) is 4.78. The van der Waals surface area contributed by atoms with E-state index in [0.29, 0.717) is 13.1 Å². The summed E-state index contributed by atoms with van der Waals surface area (Å²) in [6, 6.07) is 15.7. The van der Waals surface area contributed by atoms with Gasteiger partial charge in [-0.2, -0.15) is 0 Å². The van der Waals surface area contributed by atoms with Crippen molar-refractivity contribution in [2.24, 2.45) is 0 Å². The van der Waals surface area contributed by atoms with Crippen LogP contribution in [0.5, 0.6) is 5.75 Å². The van der Waals surface area contributed by atoms with Crippen molar-refractivity contribution < 1.29 is 9.53 Å². The monoisotopic (exact) mass is 362 g/mol. The zero-order valence-corrected chi connectivity index (χ0v) is 15.3. The fourth-order valence-electron chi connectivity index (χ4n) is 3.33. The Labute approximate surface area is 158 Å². The summed E-state index contributed by atoms with van der Waals surface area (Å²) in [6.07, 6.45) is 5.37. The number of carbonyl (C=O) groups is 1. The van der Waals surface area contributed by atoms with Crippen LogP contribution in [0, 0.1) is 0 Å². The van der Waals surface area contributed by atoms with E-state index in [9.17, 15) is 4.79 Å². The Morgan fingerprint density at radius 1 is 0.926 bits per heavy atom. The highest BCUT2D eigenvalue weighted by Gasteiger charge is 2.22. The maximum Gasteiger partial charge on any atom is 0.253 e. The second-order valence-electron chi connectivity index (χ2n) is 6.49. The molecule has 0 unspecified atom stereocenters. The Morgan fingerprint density at radius 3 is 2.19 bits per heavy atom. The Balaban J connectivity index is 1.38. The van der Waals surface area contributed by atoms with Crippen molar-refractivity contribution in [3.05, 3.63) is 72.8 Å². The number of rotatable bonds is 4. The molecule has 2 aromatic carbocycles. The number of aromatic nitrogens is 2. The van der Waals surface area contributed by atoms with Gasteiger partial charge in [-0.3, -0.25) is 4.79 Å². The predicted molar refractivity (Wildman–Crippen MR) is 105 cm³/mol. The van der Waals surface area contributed by atoms with Gasteiger partial charge in [0.05, 0.1) is 13.4 Å². The summed E-state index contributed by atoms with van der Waals surface area (Å²) >= 11 is 0. The highest BCUT2D eigenvalue weighted by Crippen LogP contribution is 2.21. The first kappa shape index (κ1) is 17.1. The van der Waals surface area contributed by atoms with Crippen molar-refractivity contribution in [1.29, 1.82) is 0 Å². The molecule has 0 aliphatic carbocycles. The summed E-state index contributed by atoms with van der Waals surface area (Å²) < 4.78 is 7.13. The largest absolute Gasteiger partial charge is 0.497 e. The minimum atomic E-state index is 0.0848. The van der Waals surface area contributed by atoms with Gasteiger partial charge in [-0.05, 0) is 48.5 Å². The molecule has 0 spiro atoms. The topological polar surface area (TPSA) is 50.6 Å². The van der Waals surface area contributed by atoms with Crippen LogP contribution < -0.4 is 9.64 Å². The lowest BCUT2D eigenvalue weighted by Gasteiger charge is -2.36. The minimum Gasteiger partial charge on any atom is -0.497 e. The first-order chi connectivity index (χ1) is 13.2. The average molecular weight is 362 g/mol. The molecule has 27 heavy (non-hydrogen) atoms. The van der Waals surface area contributed by atoms with Crippen LogP contribution in [-0.2, 0) is 0 Å². The summed E-state index contributed by atoms with van der Waals surface area (Å²) in [4.78, 5) is 21.1. The SMILES string of the molecule is COc1ccc(N2CCN(C(=O)c3ccc(-n4ccnc4)cc3)CC2)cc1. The lowest BCUT2D eigenvalue weighted by atomic mass is 10.1. The predicted octanol–water partition coefficient (Wildman–Crippen LogP) is 2.84. The summed E-state index contributed by atoms with van der Waals surface area (Å²) in [5.74, 6) is 0.938. The number of carbonyl (C=O) groups excluding carboxylic acids is 1. The zero-order valence-electron chi connectivity index (χ0n) is 15.3. The molecule has 6 heteroatoms. The van der Waals surface area contributed by atoms with E-state index in [0.717, 1.165) is 35.8 Å². The summed E-state index contributed by atoms with van der Waals surface area (Å²) in [7, 11) is 1.67. The number of amides is 1. The zero-order chi connectivity index (χ0) is 18.6. The fourth-order valence-corrected chi connectivity index (χ4v) is 3.33. The number of imidazole rings is 1. The molecule has 0 N–H and O–H groups in total. The van der Waals surface area contributed by atoms with Crippen LogP contribution in [0.25, 0.3) is 5.69 Å². The third kappa shape index (κ3) is 3.65. The number of anilines is 1. The molecule has 1 fully saturated rings. The Hall–Kier alpha value is -3.28. The van der Waals surface area contributed by atoms with Crippen molar-refractivity contribution in [2.75, 3.05) is 38.2 Å². The van der Waals surface area contributed by atoms with Crippen LogP contribution in [-0.4, -0.2) is 53.6 Å². The van der Waals surface area contributed by atoms with Crippen LogP contribution in [0.2, 0.25) is 0 Å². The standard InChI is InChI=1S/C21H22N4O2/c1-27-20-8-6-18(7-9-20)23-12-14-24(15-13-23)21(26)17-2-4-19(5-3-17)25-11-10-22-16-25/h2-11,16H,12-15H2,1H3. The quantitative estimate of drug-likeness (QED) is 0.716. The normalized spacial score (nSPS) is 14.3. The Morgan fingerprint density at radius 2 is 1.59 bits per heavy atom. The van der Waals surface area contributed by atoms with Gasteiger partial charge in [-0.15, -0.1) is 0 Å². The van der Waals surface area contributed by atoms with Gasteiger partial charge < -0.3 is 19.1 Å². The van der Waals surface area contributed by atoms with Gasteiger partial charge in [0.15, 0.2) is 0 Å². The highest BCUT2D eigenvalue weighted by molar-refractivity contribution is 5.94. The number of methoxy groups -OCH3 is 1. The molecule has 1 aromatic heterocycles. The van der Waals surface area contributed by atoms with E-state index in [2.05, 4.69) is 22.0 Å². The van der Waals surface area contributed by atoms with Crippen molar-refractivity contribution >= 4 is 11.6 Å². The molecule has 4 rings (SSSR count). The number of benzene rings is 2. The maximum atomic E-state index is 12.8. The first-order valence-electron chi connectivity index (χ1n) is 9.01. The smallest absolute Gasteiger partial charge is 0.253 e. The van der Waals surface area contributed by atoms with E-state index in [1.54, 1.807) is 19.6 Å². The van der Waals surface area contributed by atoms with Crippen LogP contribution in [0.15, 0.2) is 67.3 Å². The number of nitrogens with zero attached hydrogens (tertiary/aromatic N) is 4. The molecule has 1 aliphatic rings. The first-order valence-corrected chi connectivity index (χ1v) is 9.01. The molecular weight excluding hydrogens is 340 g/mol. The number of hydrogen-bond donors (Lipinski definition) is 0. The van der Waals surface area contributed by atoms with Crippen LogP contribution in [0.1, 0.15) is 10.4 Å². The van der Waals surface area contributed by atoms with Gasteiger partial charge in [0.2, 0.25) is 0 Å². The van der Waals surface area contributed by atoms with Gasteiger partial charge in [-0.1, -0.05) is 0 Å². The Bertz CT molecular complexity index is 881. The molecule has 2 heterocycles. The van der Waals surface area contributed by atoms with Gasteiger partial charge in [0.1, 0.15) is 5.75 Å². The molecule has 6 nitrogen and oxygen atoms in total. The molecule has 138 valence electrons. The van der Waals surface area contributed by atoms with Crippen LogP contribution in [0.4, 0.5) is 5.69 Å². The summed E-state index contributed by atoms with van der Waals surface area (Å²) in [5, 5.41) is 0. The average Bonchev–Trinajstić information content (AvgIpc) is 3.28.